The summed E-state index contributed by atoms with van der Waals surface area (Å²) in [5.41, 5.74) is 1.72. The molecule has 0 saturated carbocycles. The van der Waals surface area contributed by atoms with Gasteiger partial charge >= 0.3 is 0 Å². The van der Waals surface area contributed by atoms with Crippen LogP contribution in [0, 0.1) is 12.7 Å². The molecule has 0 unspecified atom stereocenters. The summed E-state index contributed by atoms with van der Waals surface area (Å²) in [6.45, 7) is 4.19. The summed E-state index contributed by atoms with van der Waals surface area (Å²) >= 11 is 0. The van der Waals surface area contributed by atoms with Crippen molar-refractivity contribution in [3.63, 3.8) is 0 Å². The lowest BCUT2D eigenvalue weighted by molar-refractivity contribution is 0.114. The van der Waals surface area contributed by atoms with E-state index in [-0.39, 0.29) is 19.0 Å². The molecule has 1 aromatic heterocycles. The predicted octanol–water partition coefficient (Wildman–Crippen LogP) is 1.82. The molecular formula is C16H21FN2O2. The average Bonchev–Trinajstić information content (AvgIpc) is 2.85. The molecule has 5 heteroatoms. The fourth-order valence-electron chi connectivity index (χ4n) is 2.61. The Kier molecular flexibility index (Phi) is 4.75. The van der Waals surface area contributed by atoms with Gasteiger partial charge in [0.25, 0.3) is 0 Å². The Balaban J connectivity index is 2.40. The number of aryl methyl sites for hydroxylation is 2. The molecule has 2 rings (SSSR count). The number of aliphatic hydroxyl groups is 2. The second-order valence-corrected chi connectivity index (χ2v) is 5.37. The molecule has 4 nitrogen and oxygen atoms in total. The number of aromatic nitrogens is 2. The fraction of sp³-hybridized carbons (Fsp3) is 0.438. The first-order valence-electron chi connectivity index (χ1n) is 7.05. The molecule has 0 aliphatic rings. The van der Waals surface area contributed by atoms with E-state index in [0.717, 1.165) is 23.5 Å². The van der Waals surface area contributed by atoms with Gasteiger partial charge in [-0.3, -0.25) is 4.68 Å². The Morgan fingerprint density at radius 1 is 1.19 bits per heavy atom. The highest BCUT2D eigenvalue weighted by atomic mass is 19.1. The highest BCUT2D eigenvalue weighted by molar-refractivity contribution is 5.29. The lowest BCUT2D eigenvalue weighted by atomic mass is 9.78. The molecule has 0 aliphatic carbocycles. The molecule has 2 aromatic rings. The van der Waals surface area contributed by atoms with Crippen molar-refractivity contribution in [1.82, 2.24) is 9.78 Å². The smallest absolute Gasteiger partial charge is 0.123 e. The SMILES string of the molecule is CCn1nc(C)cc1CC(CO)(CO)c1ccc(F)cc1. The molecule has 0 bridgehead atoms. The topological polar surface area (TPSA) is 58.3 Å². The van der Waals surface area contributed by atoms with Crippen molar-refractivity contribution in [2.24, 2.45) is 0 Å². The van der Waals surface area contributed by atoms with Crippen molar-refractivity contribution < 1.29 is 14.6 Å². The monoisotopic (exact) mass is 292 g/mol. The van der Waals surface area contributed by atoms with E-state index >= 15 is 0 Å². The third-order valence-corrected chi connectivity index (χ3v) is 3.87. The van der Waals surface area contributed by atoms with E-state index in [1.807, 2.05) is 24.6 Å². The molecule has 0 radical (unpaired) electrons. The summed E-state index contributed by atoms with van der Waals surface area (Å²) < 4.78 is 15.0. The van der Waals surface area contributed by atoms with E-state index < -0.39 is 5.41 Å². The number of nitrogens with zero attached hydrogens (tertiary/aromatic N) is 2. The van der Waals surface area contributed by atoms with Crippen LogP contribution in [0.5, 0.6) is 0 Å². The predicted molar refractivity (Wildman–Crippen MR) is 78.6 cm³/mol. The largest absolute Gasteiger partial charge is 0.395 e. The van der Waals surface area contributed by atoms with Crippen LogP contribution in [-0.2, 0) is 18.4 Å². The number of rotatable bonds is 6. The summed E-state index contributed by atoms with van der Waals surface area (Å²) in [6, 6.07) is 7.87. The zero-order chi connectivity index (χ0) is 15.5. The molecule has 2 N–H and O–H groups in total. The first-order chi connectivity index (χ1) is 10.0. The number of benzene rings is 1. The van der Waals surface area contributed by atoms with E-state index in [2.05, 4.69) is 5.10 Å². The number of aliphatic hydroxyl groups excluding tert-OH is 2. The number of halogens is 1. The van der Waals surface area contributed by atoms with Gasteiger partial charge < -0.3 is 10.2 Å². The van der Waals surface area contributed by atoms with Gasteiger partial charge in [-0.05, 0) is 37.6 Å². The minimum Gasteiger partial charge on any atom is -0.395 e. The molecule has 0 atom stereocenters. The van der Waals surface area contributed by atoms with E-state index in [1.165, 1.54) is 12.1 Å². The van der Waals surface area contributed by atoms with Gasteiger partial charge in [-0.1, -0.05) is 12.1 Å². The third-order valence-electron chi connectivity index (χ3n) is 3.87. The van der Waals surface area contributed by atoms with E-state index in [1.54, 1.807) is 12.1 Å². The van der Waals surface area contributed by atoms with Crippen LogP contribution in [-0.4, -0.2) is 33.2 Å². The Labute approximate surface area is 123 Å². The van der Waals surface area contributed by atoms with Gasteiger partial charge in [-0.2, -0.15) is 5.10 Å². The second-order valence-electron chi connectivity index (χ2n) is 5.37. The Morgan fingerprint density at radius 3 is 2.33 bits per heavy atom. The van der Waals surface area contributed by atoms with Crippen LogP contribution in [0.1, 0.15) is 23.9 Å². The van der Waals surface area contributed by atoms with Gasteiger partial charge in [0.05, 0.1) is 18.9 Å². The van der Waals surface area contributed by atoms with Gasteiger partial charge in [0.2, 0.25) is 0 Å². The van der Waals surface area contributed by atoms with Crippen LogP contribution in [0.4, 0.5) is 4.39 Å². The van der Waals surface area contributed by atoms with Crippen molar-refractivity contribution in [2.45, 2.75) is 32.2 Å². The van der Waals surface area contributed by atoms with Gasteiger partial charge in [0, 0.05) is 24.1 Å². The summed E-state index contributed by atoms with van der Waals surface area (Å²) in [5, 5.41) is 24.1. The van der Waals surface area contributed by atoms with Crippen LogP contribution >= 0.6 is 0 Å². The van der Waals surface area contributed by atoms with Gasteiger partial charge in [-0.15, -0.1) is 0 Å². The Hall–Kier alpha value is -1.72. The lowest BCUT2D eigenvalue weighted by Gasteiger charge is -2.30. The van der Waals surface area contributed by atoms with Gasteiger partial charge in [0.15, 0.2) is 0 Å². The normalized spacial score (nSPS) is 11.9. The number of hydrogen-bond acceptors (Lipinski definition) is 3. The average molecular weight is 292 g/mol. The first-order valence-corrected chi connectivity index (χ1v) is 7.05. The van der Waals surface area contributed by atoms with Crippen LogP contribution in [0.2, 0.25) is 0 Å². The molecule has 0 fully saturated rings. The summed E-state index contributed by atoms with van der Waals surface area (Å²) in [6.07, 6.45) is 0.445. The van der Waals surface area contributed by atoms with Crippen molar-refractivity contribution in [2.75, 3.05) is 13.2 Å². The van der Waals surface area contributed by atoms with Crippen molar-refractivity contribution >= 4 is 0 Å². The second kappa shape index (κ2) is 6.37. The Morgan fingerprint density at radius 2 is 1.81 bits per heavy atom. The van der Waals surface area contributed by atoms with Gasteiger partial charge in [0.1, 0.15) is 5.82 Å². The van der Waals surface area contributed by atoms with Crippen molar-refractivity contribution in [1.29, 1.82) is 0 Å². The standard InChI is InChI=1S/C16H21FN2O2/c1-3-19-15(8-12(2)18-19)9-16(10-20,11-21)13-4-6-14(17)7-5-13/h4-8,20-21H,3,9-11H2,1-2H3. The summed E-state index contributed by atoms with van der Waals surface area (Å²) in [4.78, 5) is 0. The molecular weight excluding hydrogens is 271 g/mol. The maximum atomic E-state index is 13.1. The zero-order valence-corrected chi connectivity index (χ0v) is 12.4. The van der Waals surface area contributed by atoms with E-state index in [4.69, 9.17) is 0 Å². The van der Waals surface area contributed by atoms with Crippen LogP contribution in [0.3, 0.4) is 0 Å². The number of hydrogen-bond donors (Lipinski definition) is 2. The molecule has 0 spiro atoms. The first kappa shape index (κ1) is 15.7. The Bertz CT molecular complexity index is 589. The maximum Gasteiger partial charge on any atom is 0.123 e. The highest BCUT2D eigenvalue weighted by Gasteiger charge is 2.32. The summed E-state index contributed by atoms with van der Waals surface area (Å²) in [5.74, 6) is -0.335. The van der Waals surface area contributed by atoms with Crippen LogP contribution < -0.4 is 0 Å². The summed E-state index contributed by atoms with van der Waals surface area (Å²) in [7, 11) is 0. The fourth-order valence-corrected chi connectivity index (χ4v) is 2.61. The van der Waals surface area contributed by atoms with Gasteiger partial charge in [-0.25, -0.2) is 4.39 Å². The quantitative estimate of drug-likeness (QED) is 0.854. The molecule has 1 heterocycles. The molecule has 1 aromatic carbocycles. The molecule has 0 aliphatic heterocycles. The van der Waals surface area contributed by atoms with Crippen LogP contribution in [0.15, 0.2) is 30.3 Å². The molecule has 0 amide bonds. The van der Waals surface area contributed by atoms with Crippen LogP contribution in [0.25, 0.3) is 0 Å². The molecule has 0 saturated heterocycles. The minimum atomic E-state index is -0.840. The third kappa shape index (κ3) is 3.14. The molecule has 21 heavy (non-hydrogen) atoms. The highest BCUT2D eigenvalue weighted by Crippen LogP contribution is 2.28. The zero-order valence-electron chi connectivity index (χ0n) is 12.4. The van der Waals surface area contributed by atoms with Crippen molar-refractivity contribution in [3.05, 3.63) is 53.1 Å². The minimum absolute atomic E-state index is 0.219. The van der Waals surface area contributed by atoms with Crippen molar-refractivity contribution in [3.8, 4) is 0 Å². The maximum absolute atomic E-state index is 13.1. The van der Waals surface area contributed by atoms with E-state index in [0.29, 0.717) is 6.42 Å². The lowest BCUT2D eigenvalue weighted by Crippen LogP contribution is -2.38. The van der Waals surface area contributed by atoms with E-state index in [9.17, 15) is 14.6 Å². The molecule has 114 valence electrons.